The van der Waals surface area contributed by atoms with Gasteiger partial charge in [0.05, 0.1) is 24.0 Å². The van der Waals surface area contributed by atoms with Crippen LogP contribution < -0.4 is 20.3 Å². The molecule has 2 aliphatic heterocycles. The largest absolute Gasteiger partial charge is 0.452 e. The molecule has 4 aromatic rings. The van der Waals surface area contributed by atoms with Crippen molar-refractivity contribution in [3.63, 3.8) is 0 Å². The first-order valence-corrected chi connectivity index (χ1v) is 14.3. The van der Waals surface area contributed by atoms with Crippen LogP contribution in [0.3, 0.4) is 0 Å². The van der Waals surface area contributed by atoms with E-state index in [4.69, 9.17) is 11.2 Å². The molecule has 44 heavy (non-hydrogen) atoms. The topological polar surface area (TPSA) is 122 Å². The van der Waals surface area contributed by atoms with Crippen LogP contribution in [-0.2, 0) is 11.8 Å². The fourth-order valence-electron chi connectivity index (χ4n) is 5.72. The van der Waals surface area contributed by atoms with E-state index >= 15 is 0 Å². The molecule has 2 aliphatic rings. The number of hydrogen-bond donors (Lipinski definition) is 2. The molecule has 0 atom stereocenters. The number of terminal acetylenes is 1. The van der Waals surface area contributed by atoms with Crippen LogP contribution in [0.15, 0.2) is 66.9 Å². The average Bonchev–Trinajstić information content (AvgIpc) is 3.52. The van der Waals surface area contributed by atoms with E-state index in [0.29, 0.717) is 55.2 Å². The number of Topliss-reactive ketones (excluding diaryl/α,β-unsaturated/α-hetero) is 1. The number of ether oxygens (including phenoxy) is 1. The SMILES string of the molecule is C#CCN(C)C(=O)C1CCN(c2ccnc3c2c(C=C2Oc4ccc(NC(=O)Nc5cccnc5)cc4C2=O)cn3C)CC1. The fraction of sp³-hybridized carbons (Fsp3) is 0.242. The van der Waals surface area contributed by atoms with Crippen molar-refractivity contribution in [2.24, 2.45) is 13.0 Å². The number of pyridine rings is 2. The zero-order valence-electron chi connectivity index (χ0n) is 24.4. The van der Waals surface area contributed by atoms with Crippen LogP contribution in [0.1, 0.15) is 28.8 Å². The second kappa shape index (κ2) is 11.9. The number of allylic oxidation sites excluding steroid dienone is 1. The number of aromatic nitrogens is 3. The van der Waals surface area contributed by atoms with Crippen LogP contribution in [0.25, 0.3) is 17.1 Å². The number of nitrogens with one attached hydrogen (secondary N) is 2. The molecule has 3 amide bonds. The van der Waals surface area contributed by atoms with Crippen molar-refractivity contribution < 1.29 is 19.1 Å². The molecule has 2 N–H and O–H groups in total. The molecule has 1 saturated heterocycles. The van der Waals surface area contributed by atoms with Gasteiger partial charge in [0.25, 0.3) is 0 Å². The summed E-state index contributed by atoms with van der Waals surface area (Å²) >= 11 is 0. The number of aryl methyl sites for hydroxylation is 1. The molecule has 222 valence electrons. The van der Waals surface area contributed by atoms with E-state index in [1.165, 1.54) is 6.20 Å². The first-order valence-electron chi connectivity index (χ1n) is 14.3. The van der Waals surface area contributed by atoms with Crippen LogP contribution in [0.4, 0.5) is 21.9 Å². The lowest BCUT2D eigenvalue weighted by Gasteiger charge is -2.34. The van der Waals surface area contributed by atoms with Crippen molar-refractivity contribution in [1.29, 1.82) is 0 Å². The lowest BCUT2D eigenvalue weighted by molar-refractivity contribution is -0.134. The van der Waals surface area contributed by atoms with Gasteiger partial charge in [-0.2, -0.15) is 0 Å². The number of fused-ring (bicyclic) bond motifs is 2. The van der Waals surface area contributed by atoms with Gasteiger partial charge in [-0.1, -0.05) is 5.92 Å². The van der Waals surface area contributed by atoms with E-state index in [1.54, 1.807) is 60.7 Å². The molecule has 0 unspecified atom stereocenters. The summed E-state index contributed by atoms with van der Waals surface area (Å²) in [6.07, 6.45) is 15.4. The van der Waals surface area contributed by atoms with E-state index < -0.39 is 6.03 Å². The normalized spacial score (nSPS) is 15.5. The lowest BCUT2D eigenvalue weighted by atomic mass is 9.94. The Labute approximate surface area is 254 Å². The molecule has 0 bridgehead atoms. The van der Waals surface area contributed by atoms with Gasteiger partial charge in [-0.25, -0.2) is 9.78 Å². The summed E-state index contributed by atoms with van der Waals surface area (Å²) in [5.74, 6) is 2.86. The van der Waals surface area contributed by atoms with Gasteiger partial charge < -0.3 is 29.7 Å². The van der Waals surface area contributed by atoms with Gasteiger partial charge in [0.2, 0.25) is 11.7 Å². The van der Waals surface area contributed by atoms with Gasteiger partial charge in [-0.3, -0.25) is 14.6 Å². The molecule has 0 radical (unpaired) electrons. The summed E-state index contributed by atoms with van der Waals surface area (Å²) in [7, 11) is 3.65. The monoisotopic (exact) mass is 589 g/mol. The molecular formula is C33H31N7O4. The molecule has 3 aromatic heterocycles. The van der Waals surface area contributed by atoms with Gasteiger partial charge in [-0.05, 0) is 55.3 Å². The Morgan fingerprint density at radius 3 is 2.70 bits per heavy atom. The Bertz CT molecular complexity index is 1830. The maximum absolute atomic E-state index is 13.5. The number of rotatable bonds is 6. The number of hydrogen-bond acceptors (Lipinski definition) is 7. The van der Waals surface area contributed by atoms with Crippen molar-refractivity contribution in [2.75, 3.05) is 42.2 Å². The van der Waals surface area contributed by atoms with E-state index in [-0.39, 0.29) is 23.4 Å². The second-order valence-electron chi connectivity index (χ2n) is 10.9. The second-order valence-corrected chi connectivity index (χ2v) is 10.9. The Hall–Kier alpha value is -5.63. The van der Waals surface area contributed by atoms with Gasteiger partial charge in [0.15, 0.2) is 5.76 Å². The van der Waals surface area contributed by atoms with E-state index in [0.717, 1.165) is 22.3 Å². The highest BCUT2D eigenvalue weighted by Crippen LogP contribution is 2.37. The Morgan fingerprint density at radius 2 is 1.95 bits per heavy atom. The summed E-state index contributed by atoms with van der Waals surface area (Å²) in [5.41, 5.74) is 3.91. The zero-order valence-corrected chi connectivity index (χ0v) is 24.4. The number of carbonyl (C=O) groups is 3. The summed E-state index contributed by atoms with van der Waals surface area (Å²) in [6, 6.07) is 9.90. The molecule has 0 aliphatic carbocycles. The van der Waals surface area contributed by atoms with E-state index in [1.807, 2.05) is 23.9 Å². The lowest BCUT2D eigenvalue weighted by Crippen LogP contribution is -2.41. The molecule has 0 saturated carbocycles. The average molecular weight is 590 g/mol. The standard InChI is InChI=1S/C33H31N7O4/c1-4-14-38(2)32(42)21-10-15-40(16-11-21)26-9-13-35-31-29(26)22(20-39(31)3)17-28-30(41)25-18-23(7-8-27(25)44-28)36-33(43)37-24-6-5-12-34-19-24/h1,5-9,12-13,17-21H,10-11,14-16H2,2-3H3,(H2,36,37,43). The number of anilines is 3. The third kappa shape index (κ3) is 5.57. The van der Waals surface area contributed by atoms with Crippen LogP contribution in [0.5, 0.6) is 5.75 Å². The van der Waals surface area contributed by atoms with Crippen LogP contribution in [0, 0.1) is 18.3 Å². The quantitative estimate of drug-likeness (QED) is 0.250. The number of piperidine rings is 1. The number of urea groups is 1. The van der Waals surface area contributed by atoms with Crippen LogP contribution in [-0.4, -0.2) is 63.8 Å². The molecule has 1 aromatic carbocycles. The van der Waals surface area contributed by atoms with E-state index in [2.05, 4.69) is 31.4 Å². The van der Waals surface area contributed by atoms with Gasteiger partial charge in [0, 0.05) is 74.0 Å². The molecule has 11 heteroatoms. The minimum absolute atomic E-state index is 0.0666. The maximum Gasteiger partial charge on any atom is 0.323 e. The number of carbonyl (C=O) groups excluding carboxylic acids is 3. The minimum atomic E-state index is -0.455. The Morgan fingerprint density at radius 1 is 1.16 bits per heavy atom. The van der Waals surface area contributed by atoms with Gasteiger partial charge >= 0.3 is 6.03 Å². The number of amides is 3. The summed E-state index contributed by atoms with van der Waals surface area (Å²) < 4.78 is 7.90. The number of nitrogens with zero attached hydrogens (tertiary/aromatic N) is 5. The van der Waals surface area contributed by atoms with Crippen molar-refractivity contribution in [1.82, 2.24) is 19.4 Å². The number of benzene rings is 1. The Kier molecular flexibility index (Phi) is 7.72. The maximum atomic E-state index is 13.5. The molecule has 11 nitrogen and oxygen atoms in total. The summed E-state index contributed by atoms with van der Waals surface area (Å²) in [4.78, 5) is 51.1. The zero-order chi connectivity index (χ0) is 30.8. The first kappa shape index (κ1) is 28.5. The van der Waals surface area contributed by atoms with Crippen molar-refractivity contribution in [2.45, 2.75) is 12.8 Å². The molecule has 0 spiro atoms. The third-order valence-electron chi connectivity index (χ3n) is 7.89. The summed E-state index contributed by atoms with van der Waals surface area (Å²) in [6.45, 7) is 1.71. The predicted molar refractivity (Wildman–Crippen MR) is 168 cm³/mol. The van der Waals surface area contributed by atoms with Crippen molar-refractivity contribution in [3.8, 4) is 18.1 Å². The molecule has 1 fully saturated rings. The highest BCUT2D eigenvalue weighted by Gasteiger charge is 2.30. The fourth-order valence-corrected chi connectivity index (χ4v) is 5.72. The van der Waals surface area contributed by atoms with E-state index in [9.17, 15) is 14.4 Å². The first-order chi connectivity index (χ1) is 21.3. The van der Waals surface area contributed by atoms with Crippen LogP contribution in [0.2, 0.25) is 0 Å². The third-order valence-corrected chi connectivity index (χ3v) is 7.89. The highest BCUT2D eigenvalue weighted by molar-refractivity contribution is 6.16. The molecule has 6 rings (SSSR count). The van der Waals surface area contributed by atoms with Crippen LogP contribution >= 0.6 is 0 Å². The minimum Gasteiger partial charge on any atom is -0.452 e. The smallest absolute Gasteiger partial charge is 0.323 e. The molecular weight excluding hydrogens is 558 g/mol. The van der Waals surface area contributed by atoms with Crippen molar-refractivity contribution in [3.05, 3.63) is 78.1 Å². The predicted octanol–water partition coefficient (Wildman–Crippen LogP) is 4.54. The number of ketones is 1. The van der Waals surface area contributed by atoms with Crippen molar-refractivity contribution >= 4 is 51.9 Å². The molecule has 5 heterocycles. The van der Waals surface area contributed by atoms with Gasteiger partial charge in [-0.15, -0.1) is 6.42 Å². The summed E-state index contributed by atoms with van der Waals surface area (Å²) in [5, 5.41) is 6.35. The van der Waals surface area contributed by atoms with Gasteiger partial charge in [0.1, 0.15) is 11.4 Å². The Balaban J connectivity index is 1.21. The highest BCUT2D eigenvalue weighted by atomic mass is 16.5.